The first-order valence-electron chi connectivity index (χ1n) is 9.56. The molecule has 3 rings (SSSR count). The second-order valence-electron chi connectivity index (χ2n) is 6.87. The van der Waals surface area contributed by atoms with Crippen LogP contribution < -0.4 is 15.4 Å². The molecule has 0 bridgehead atoms. The molecular weight excluding hydrogens is 324 g/mol. The lowest BCUT2D eigenvalue weighted by Crippen LogP contribution is -2.37. The van der Waals surface area contributed by atoms with E-state index >= 15 is 0 Å². The third-order valence-corrected chi connectivity index (χ3v) is 4.84. The summed E-state index contributed by atoms with van der Waals surface area (Å²) in [6.07, 6.45) is 5.67. The summed E-state index contributed by atoms with van der Waals surface area (Å²) in [5.41, 5.74) is 4.09. The van der Waals surface area contributed by atoms with Crippen LogP contribution in [0.5, 0.6) is 5.75 Å². The van der Waals surface area contributed by atoms with Crippen LogP contribution in [0.3, 0.4) is 0 Å². The molecule has 0 heterocycles. The van der Waals surface area contributed by atoms with Gasteiger partial charge in [0.15, 0.2) is 0 Å². The fourth-order valence-electron chi connectivity index (χ4n) is 3.33. The first-order chi connectivity index (χ1) is 12.7. The number of nitrogens with one attached hydrogen (secondary N) is 2. The van der Waals surface area contributed by atoms with Gasteiger partial charge in [-0.25, -0.2) is 4.79 Å². The van der Waals surface area contributed by atoms with E-state index in [-0.39, 0.29) is 12.1 Å². The van der Waals surface area contributed by atoms with Gasteiger partial charge in [-0.05, 0) is 67.9 Å². The Morgan fingerprint density at radius 1 is 1.08 bits per heavy atom. The van der Waals surface area contributed by atoms with E-state index in [1.165, 1.54) is 36.0 Å². The van der Waals surface area contributed by atoms with Gasteiger partial charge in [0.1, 0.15) is 5.75 Å². The summed E-state index contributed by atoms with van der Waals surface area (Å²) in [5, 5.41) is 5.92. The van der Waals surface area contributed by atoms with Crippen molar-refractivity contribution < 1.29 is 9.53 Å². The van der Waals surface area contributed by atoms with Gasteiger partial charge in [-0.15, -0.1) is 0 Å². The molecular formula is C22H28N2O2. The number of fused-ring (bicyclic) bond motifs is 1. The van der Waals surface area contributed by atoms with Crippen LogP contribution in [0.2, 0.25) is 0 Å². The van der Waals surface area contributed by atoms with E-state index in [0.29, 0.717) is 13.2 Å². The van der Waals surface area contributed by atoms with Crippen LogP contribution in [0, 0.1) is 0 Å². The molecule has 1 aliphatic carbocycles. The molecule has 4 nitrogen and oxygen atoms in total. The lowest BCUT2D eigenvalue weighted by molar-refractivity contribution is 0.236. The van der Waals surface area contributed by atoms with Crippen molar-refractivity contribution in [3.8, 4) is 5.75 Å². The molecule has 0 radical (unpaired) electrons. The Morgan fingerprint density at radius 2 is 1.85 bits per heavy atom. The van der Waals surface area contributed by atoms with Crippen molar-refractivity contribution in [1.29, 1.82) is 0 Å². The molecule has 0 aromatic heterocycles. The topological polar surface area (TPSA) is 50.4 Å². The van der Waals surface area contributed by atoms with E-state index in [9.17, 15) is 4.79 Å². The zero-order valence-electron chi connectivity index (χ0n) is 15.5. The summed E-state index contributed by atoms with van der Waals surface area (Å²) in [6.45, 7) is 3.21. The number of carbonyl (C=O) groups is 1. The molecule has 138 valence electrons. The summed E-state index contributed by atoms with van der Waals surface area (Å²) in [7, 11) is 0. The summed E-state index contributed by atoms with van der Waals surface area (Å²) < 4.78 is 5.62. The minimum absolute atomic E-state index is 0.00259. The largest absolute Gasteiger partial charge is 0.494 e. The number of rotatable bonds is 7. The van der Waals surface area contributed by atoms with Crippen LogP contribution in [-0.2, 0) is 12.8 Å². The molecule has 0 spiro atoms. The summed E-state index contributed by atoms with van der Waals surface area (Å²) in [4.78, 5) is 12.1. The van der Waals surface area contributed by atoms with Crippen molar-refractivity contribution in [2.75, 3.05) is 13.2 Å². The van der Waals surface area contributed by atoms with Crippen LogP contribution >= 0.6 is 0 Å². The Labute approximate surface area is 156 Å². The lowest BCUT2D eigenvalue weighted by atomic mass is 9.89. The highest BCUT2D eigenvalue weighted by Gasteiger charge is 2.13. The predicted molar refractivity (Wildman–Crippen MR) is 105 cm³/mol. The van der Waals surface area contributed by atoms with E-state index in [0.717, 1.165) is 18.6 Å². The molecule has 2 aromatic rings. The highest BCUT2D eigenvalue weighted by molar-refractivity contribution is 5.74. The number of ether oxygens (including phenoxy) is 1. The van der Waals surface area contributed by atoms with Gasteiger partial charge in [0.25, 0.3) is 0 Å². The van der Waals surface area contributed by atoms with Gasteiger partial charge in [0.2, 0.25) is 0 Å². The second kappa shape index (κ2) is 9.27. The van der Waals surface area contributed by atoms with E-state index in [1.54, 1.807) is 0 Å². The minimum atomic E-state index is -0.130. The fourth-order valence-corrected chi connectivity index (χ4v) is 3.33. The molecule has 4 heteroatoms. The molecule has 1 aliphatic rings. The summed E-state index contributed by atoms with van der Waals surface area (Å²) in [6, 6.07) is 16.2. The number of urea groups is 1. The Morgan fingerprint density at radius 3 is 2.65 bits per heavy atom. The molecule has 1 unspecified atom stereocenters. The normalized spacial score (nSPS) is 14.2. The van der Waals surface area contributed by atoms with Crippen LogP contribution in [0.4, 0.5) is 4.79 Å². The van der Waals surface area contributed by atoms with Gasteiger partial charge in [0.05, 0.1) is 12.6 Å². The summed E-state index contributed by atoms with van der Waals surface area (Å²) in [5.74, 6) is 0.859. The molecule has 2 N–H and O–H groups in total. The number of hydrogen-bond donors (Lipinski definition) is 2. The first-order valence-corrected chi connectivity index (χ1v) is 9.56. The third-order valence-electron chi connectivity index (χ3n) is 4.84. The molecule has 26 heavy (non-hydrogen) atoms. The average Bonchev–Trinajstić information content (AvgIpc) is 2.68. The smallest absolute Gasteiger partial charge is 0.315 e. The Hall–Kier alpha value is -2.49. The number of benzene rings is 2. The second-order valence-corrected chi connectivity index (χ2v) is 6.87. The average molecular weight is 352 g/mol. The molecule has 0 fully saturated rings. The standard InChI is InChI=1S/C22H28N2O2/c1-17(19-13-12-18-8-5-6-9-20(18)16-19)24-22(25)23-14-7-15-26-21-10-3-2-4-11-21/h2-4,10-13,16-17H,5-9,14-15H2,1H3,(H2,23,24,25). The molecule has 2 amide bonds. The van der Waals surface area contributed by atoms with Crippen molar-refractivity contribution in [3.63, 3.8) is 0 Å². The van der Waals surface area contributed by atoms with E-state index in [2.05, 4.69) is 28.8 Å². The van der Waals surface area contributed by atoms with E-state index in [4.69, 9.17) is 4.74 Å². The zero-order valence-corrected chi connectivity index (χ0v) is 15.5. The van der Waals surface area contributed by atoms with Crippen LogP contribution in [0.1, 0.15) is 48.9 Å². The maximum atomic E-state index is 12.1. The SMILES string of the molecule is CC(NC(=O)NCCCOc1ccccc1)c1ccc2c(c1)CCCC2. The Bertz CT molecular complexity index is 715. The van der Waals surface area contributed by atoms with Gasteiger partial charge in [-0.1, -0.05) is 36.4 Å². The number of aryl methyl sites for hydroxylation is 2. The fraction of sp³-hybridized carbons (Fsp3) is 0.409. The van der Waals surface area contributed by atoms with Gasteiger partial charge in [0, 0.05) is 6.54 Å². The van der Waals surface area contributed by atoms with Crippen LogP contribution in [0.15, 0.2) is 48.5 Å². The van der Waals surface area contributed by atoms with Crippen molar-refractivity contribution in [2.24, 2.45) is 0 Å². The number of amides is 2. The molecule has 0 saturated carbocycles. The Kier molecular flexibility index (Phi) is 6.53. The van der Waals surface area contributed by atoms with Gasteiger partial charge >= 0.3 is 6.03 Å². The van der Waals surface area contributed by atoms with E-state index in [1.807, 2.05) is 37.3 Å². The first kappa shape index (κ1) is 18.3. The van der Waals surface area contributed by atoms with Crippen LogP contribution in [-0.4, -0.2) is 19.2 Å². The summed E-state index contributed by atoms with van der Waals surface area (Å²) >= 11 is 0. The van der Waals surface area contributed by atoms with E-state index < -0.39 is 0 Å². The molecule has 2 aromatic carbocycles. The number of hydrogen-bond acceptors (Lipinski definition) is 2. The monoisotopic (exact) mass is 352 g/mol. The van der Waals surface area contributed by atoms with Crippen molar-refractivity contribution in [3.05, 3.63) is 65.2 Å². The molecule has 0 aliphatic heterocycles. The maximum Gasteiger partial charge on any atom is 0.315 e. The minimum Gasteiger partial charge on any atom is -0.494 e. The quantitative estimate of drug-likeness (QED) is 0.726. The van der Waals surface area contributed by atoms with Crippen molar-refractivity contribution in [2.45, 2.75) is 45.1 Å². The van der Waals surface area contributed by atoms with Crippen molar-refractivity contribution >= 4 is 6.03 Å². The van der Waals surface area contributed by atoms with Gasteiger partial charge in [-0.3, -0.25) is 0 Å². The predicted octanol–water partition coefficient (Wildman–Crippen LogP) is 4.39. The number of carbonyl (C=O) groups excluding carboxylic acids is 1. The maximum absolute atomic E-state index is 12.1. The number of para-hydroxylation sites is 1. The molecule has 0 saturated heterocycles. The van der Waals surface area contributed by atoms with Gasteiger partial charge in [-0.2, -0.15) is 0 Å². The van der Waals surface area contributed by atoms with Crippen LogP contribution in [0.25, 0.3) is 0 Å². The van der Waals surface area contributed by atoms with Crippen molar-refractivity contribution in [1.82, 2.24) is 10.6 Å². The zero-order chi connectivity index (χ0) is 18.2. The third kappa shape index (κ3) is 5.25. The Balaban J connectivity index is 1.37. The lowest BCUT2D eigenvalue weighted by Gasteiger charge is -2.20. The highest BCUT2D eigenvalue weighted by atomic mass is 16.5. The highest BCUT2D eigenvalue weighted by Crippen LogP contribution is 2.24. The molecule has 1 atom stereocenters. The van der Waals surface area contributed by atoms with Gasteiger partial charge < -0.3 is 15.4 Å².